The Balaban J connectivity index is 3.48. The zero-order chi connectivity index (χ0) is 12.3. The first-order valence-corrected chi connectivity index (χ1v) is 5.40. The summed E-state index contributed by atoms with van der Waals surface area (Å²) in [4.78, 5) is 38.3. The van der Waals surface area contributed by atoms with E-state index < -0.39 is 22.6 Å². The minimum Gasteiger partial charge on any atom is -0.259 e. The highest BCUT2D eigenvalue weighted by molar-refractivity contribution is 4.85. The van der Waals surface area contributed by atoms with E-state index in [2.05, 4.69) is 9.97 Å². The summed E-state index contributed by atoms with van der Waals surface area (Å²) in [5.74, 6) is 0. The summed E-state index contributed by atoms with van der Waals surface area (Å²) in [5, 5.41) is 0. The van der Waals surface area contributed by atoms with Crippen LogP contribution in [0.5, 0.6) is 0 Å². The molecule has 0 aliphatic rings. The van der Waals surface area contributed by atoms with Gasteiger partial charge in [-0.3, -0.25) is 9.97 Å². The first kappa shape index (κ1) is 12.5. The summed E-state index contributed by atoms with van der Waals surface area (Å²) in [5.41, 5.74) is -2.61. The van der Waals surface area contributed by atoms with Gasteiger partial charge in [-0.2, -0.15) is 0 Å². The molecule has 1 unspecified atom stereocenters. The van der Waals surface area contributed by atoms with Crippen molar-refractivity contribution in [2.24, 2.45) is 0 Å². The topological polar surface area (TPSA) is 87.7 Å². The molecule has 0 aliphatic carbocycles. The van der Waals surface area contributed by atoms with Crippen LogP contribution in [0.1, 0.15) is 40.0 Å². The lowest BCUT2D eigenvalue weighted by atomic mass is 9.93. The molecule has 2 N–H and O–H groups in total. The van der Waals surface area contributed by atoms with Crippen LogP contribution >= 0.6 is 0 Å². The van der Waals surface area contributed by atoms with Gasteiger partial charge in [0.15, 0.2) is 0 Å². The first-order valence-electron chi connectivity index (χ1n) is 5.40. The molecule has 16 heavy (non-hydrogen) atoms. The molecule has 0 bridgehead atoms. The summed E-state index contributed by atoms with van der Waals surface area (Å²) < 4.78 is 1.10. The average molecular weight is 227 g/mol. The highest BCUT2D eigenvalue weighted by Crippen LogP contribution is 2.22. The summed E-state index contributed by atoms with van der Waals surface area (Å²) in [7, 11) is 0. The number of rotatable bonds is 4. The van der Waals surface area contributed by atoms with Crippen molar-refractivity contribution < 1.29 is 0 Å². The summed E-state index contributed by atoms with van der Waals surface area (Å²) in [6.45, 7) is 5.73. The van der Waals surface area contributed by atoms with Crippen LogP contribution in [0.4, 0.5) is 0 Å². The van der Waals surface area contributed by atoms with Crippen molar-refractivity contribution in [3.8, 4) is 0 Å². The summed E-state index contributed by atoms with van der Waals surface area (Å²) in [6, 6.07) is 0. The maximum atomic E-state index is 11.6. The Morgan fingerprint density at radius 2 is 1.62 bits per heavy atom. The van der Waals surface area contributed by atoms with Crippen LogP contribution in [0.2, 0.25) is 0 Å². The molecule has 0 spiro atoms. The molecule has 0 amide bonds. The number of aromatic amines is 2. The van der Waals surface area contributed by atoms with Gasteiger partial charge in [-0.25, -0.2) is 19.0 Å². The molecule has 6 nitrogen and oxygen atoms in total. The summed E-state index contributed by atoms with van der Waals surface area (Å²) in [6.07, 6.45) is 2.21. The Labute approximate surface area is 92.3 Å². The van der Waals surface area contributed by atoms with Gasteiger partial charge in [0.05, 0.1) is 5.54 Å². The van der Waals surface area contributed by atoms with E-state index >= 15 is 0 Å². The van der Waals surface area contributed by atoms with E-state index in [9.17, 15) is 14.4 Å². The number of hydrogen-bond donors (Lipinski definition) is 2. The predicted molar refractivity (Wildman–Crippen MR) is 60.8 cm³/mol. The highest BCUT2D eigenvalue weighted by Gasteiger charge is 2.27. The van der Waals surface area contributed by atoms with Gasteiger partial charge in [-0.1, -0.05) is 20.3 Å². The second kappa shape index (κ2) is 4.51. The molecule has 0 radical (unpaired) electrons. The van der Waals surface area contributed by atoms with Crippen molar-refractivity contribution >= 4 is 0 Å². The van der Waals surface area contributed by atoms with Crippen LogP contribution < -0.4 is 17.1 Å². The third-order valence-corrected chi connectivity index (χ3v) is 2.94. The SMILES string of the molecule is CCCC(C)(CC)n1c(=O)[nH]c(=O)[nH]c1=O. The lowest BCUT2D eigenvalue weighted by Crippen LogP contribution is -2.52. The fourth-order valence-electron chi connectivity index (χ4n) is 1.91. The lowest BCUT2D eigenvalue weighted by Gasteiger charge is -2.28. The monoisotopic (exact) mass is 227 g/mol. The van der Waals surface area contributed by atoms with Crippen LogP contribution in [-0.4, -0.2) is 14.5 Å². The van der Waals surface area contributed by atoms with Gasteiger partial charge in [0.2, 0.25) is 0 Å². The zero-order valence-electron chi connectivity index (χ0n) is 9.79. The van der Waals surface area contributed by atoms with Crippen LogP contribution in [-0.2, 0) is 5.54 Å². The number of aromatic nitrogens is 3. The fraction of sp³-hybridized carbons (Fsp3) is 0.700. The van der Waals surface area contributed by atoms with Gasteiger partial charge in [0.1, 0.15) is 0 Å². The molecular formula is C10H17N3O3. The molecule has 0 aliphatic heterocycles. The maximum Gasteiger partial charge on any atom is 0.334 e. The quantitative estimate of drug-likeness (QED) is 0.767. The smallest absolute Gasteiger partial charge is 0.259 e. The van der Waals surface area contributed by atoms with Gasteiger partial charge in [-0.15, -0.1) is 0 Å². The van der Waals surface area contributed by atoms with E-state index in [0.29, 0.717) is 12.8 Å². The van der Waals surface area contributed by atoms with Gasteiger partial charge in [0, 0.05) is 0 Å². The number of nitrogens with one attached hydrogen (secondary N) is 2. The van der Waals surface area contributed by atoms with Gasteiger partial charge in [-0.05, 0) is 19.8 Å². The third kappa shape index (κ3) is 2.15. The Morgan fingerprint density at radius 3 is 2.00 bits per heavy atom. The molecule has 1 aromatic rings. The minimum absolute atomic E-state index is 0.552. The van der Waals surface area contributed by atoms with Crippen LogP contribution in [0.15, 0.2) is 14.4 Å². The lowest BCUT2D eigenvalue weighted by molar-refractivity contribution is 0.254. The van der Waals surface area contributed by atoms with Crippen LogP contribution in [0.3, 0.4) is 0 Å². The minimum atomic E-state index is -0.763. The van der Waals surface area contributed by atoms with Crippen LogP contribution in [0, 0.1) is 0 Å². The molecule has 1 heterocycles. The largest absolute Gasteiger partial charge is 0.334 e. The Kier molecular flexibility index (Phi) is 3.51. The standard InChI is InChI=1S/C10H17N3O3/c1-4-6-10(3,5-2)13-8(15)11-7(14)12-9(13)16/h4-6H2,1-3H3,(H2,11,12,14,15,16). The van der Waals surface area contributed by atoms with E-state index in [0.717, 1.165) is 11.0 Å². The normalized spacial score (nSPS) is 14.7. The highest BCUT2D eigenvalue weighted by atomic mass is 16.2. The Morgan fingerprint density at radius 1 is 1.12 bits per heavy atom. The number of H-pyrrole nitrogens is 2. The molecule has 1 aromatic heterocycles. The molecule has 0 fully saturated rings. The molecule has 0 aromatic carbocycles. The number of nitrogens with zero attached hydrogens (tertiary/aromatic N) is 1. The Bertz CT molecular complexity index is 491. The molecule has 0 saturated carbocycles. The van der Waals surface area contributed by atoms with Gasteiger partial charge < -0.3 is 0 Å². The van der Waals surface area contributed by atoms with Gasteiger partial charge >= 0.3 is 17.1 Å². The second-order valence-corrected chi connectivity index (χ2v) is 4.13. The van der Waals surface area contributed by atoms with E-state index in [4.69, 9.17) is 0 Å². The van der Waals surface area contributed by atoms with E-state index in [-0.39, 0.29) is 0 Å². The van der Waals surface area contributed by atoms with Crippen molar-refractivity contribution in [1.29, 1.82) is 0 Å². The van der Waals surface area contributed by atoms with Crippen molar-refractivity contribution in [2.45, 2.75) is 45.6 Å². The van der Waals surface area contributed by atoms with Gasteiger partial charge in [0.25, 0.3) is 0 Å². The molecule has 1 atom stereocenters. The molecule has 1 rings (SSSR count). The predicted octanol–water partition coefficient (Wildman–Crippen LogP) is 0.150. The molecule has 90 valence electrons. The van der Waals surface area contributed by atoms with Crippen molar-refractivity contribution in [2.75, 3.05) is 0 Å². The first-order chi connectivity index (χ1) is 7.44. The average Bonchev–Trinajstić information content (AvgIpc) is 2.16. The fourth-order valence-corrected chi connectivity index (χ4v) is 1.91. The van der Waals surface area contributed by atoms with E-state index in [1.165, 1.54) is 0 Å². The van der Waals surface area contributed by atoms with E-state index in [1.807, 2.05) is 20.8 Å². The van der Waals surface area contributed by atoms with Crippen LogP contribution in [0.25, 0.3) is 0 Å². The number of hydrogen-bond acceptors (Lipinski definition) is 3. The summed E-state index contributed by atoms with van der Waals surface area (Å²) >= 11 is 0. The zero-order valence-corrected chi connectivity index (χ0v) is 9.79. The van der Waals surface area contributed by atoms with E-state index in [1.54, 1.807) is 0 Å². The second-order valence-electron chi connectivity index (χ2n) is 4.13. The molecule has 6 heteroatoms. The van der Waals surface area contributed by atoms with Crippen molar-refractivity contribution in [3.05, 3.63) is 31.5 Å². The van der Waals surface area contributed by atoms with Crippen molar-refractivity contribution in [1.82, 2.24) is 14.5 Å². The third-order valence-electron chi connectivity index (χ3n) is 2.94. The molecule has 0 saturated heterocycles. The Hall–Kier alpha value is -1.59. The maximum absolute atomic E-state index is 11.6. The molecular weight excluding hydrogens is 210 g/mol. The van der Waals surface area contributed by atoms with Crippen molar-refractivity contribution in [3.63, 3.8) is 0 Å².